The monoisotopic (exact) mass is 373 g/mol. The zero-order valence-corrected chi connectivity index (χ0v) is 15.3. The fraction of sp³-hybridized carbons (Fsp3) is 0.143. The van der Waals surface area contributed by atoms with Gasteiger partial charge in [0.2, 0.25) is 0 Å². The van der Waals surface area contributed by atoms with Crippen LogP contribution in [-0.2, 0) is 4.79 Å². The van der Waals surface area contributed by atoms with Gasteiger partial charge in [-0.15, -0.1) is 0 Å². The van der Waals surface area contributed by atoms with Crippen LogP contribution in [0.3, 0.4) is 0 Å². The van der Waals surface area contributed by atoms with Crippen LogP contribution < -0.4 is 5.73 Å². The van der Waals surface area contributed by atoms with E-state index in [-0.39, 0.29) is 0 Å². The van der Waals surface area contributed by atoms with Crippen molar-refractivity contribution in [2.75, 3.05) is 5.73 Å². The number of benzene rings is 1. The van der Waals surface area contributed by atoms with E-state index >= 15 is 0 Å². The molecule has 7 heteroatoms. The molecule has 3 aromatic heterocycles. The number of imidazole rings is 1. The van der Waals surface area contributed by atoms with Gasteiger partial charge in [0.15, 0.2) is 11.5 Å². The van der Waals surface area contributed by atoms with Gasteiger partial charge in [-0.05, 0) is 48.4 Å². The number of pyridine rings is 2. The van der Waals surface area contributed by atoms with Gasteiger partial charge in [-0.2, -0.15) is 0 Å². The number of hydrogen-bond acceptors (Lipinski definition) is 5. The number of anilines is 1. The van der Waals surface area contributed by atoms with Crippen LogP contribution in [0.1, 0.15) is 24.8 Å². The summed E-state index contributed by atoms with van der Waals surface area (Å²) in [6, 6.07) is 14.8. The quantitative estimate of drug-likeness (QED) is 0.553. The third-order valence-corrected chi connectivity index (χ3v) is 4.76. The minimum absolute atomic E-state index is 0.382. The number of carboxylic acids is 1. The standard InChI is InChI=1S/C21H19N5O2/c1-2-15(21(27)28)13-7-9-14(10-8-13)26-19(16-5-3-11-23-18(16)22)25-17-6-4-12-24-20(17)26/h3-12,15H,2H2,1H3,(H2,22,23)(H,27,28). The first-order chi connectivity index (χ1) is 13.6. The summed E-state index contributed by atoms with van der Waals surface area (Å²) in [4.78, 5) is 24.8. The van der Waals surface area contributed by atoms with Crippen molar-refractivity contribution in [1.29, 1.82) is 0 Å². The Morgan fingerprint density at radius 3 is 2.50 bits per heavy atom. The fourth-order valence-corrected chi connectivity index (χ4v) is 3.35. The Kier molecular flexibility index (Phi) is 4.49. The molecule has 0 aliphatic rings. The molecule has 4 aromatic rings. The van der Waals surface area contributed by atoms with Crippen LogP contribution in [0.25, 0.3) is 28.2 Å². The number of aliphatic carboxylic acids is 1. The SMILES string of the molecule is CCC(C(=O)O)c1ccc(-n2c(-c3cccnc3N)nc3cccnc32)cc1. The summed E-state index contributed by atoms with van der Waals surface area (Å²) < 4.78 is 1.91. The van der Waals surface area contributed by atoms with E-state index in [1.165, 1.54) is 0 Å². The number of nitrogens with zero attached hydrogens (tertiary/aromatic N) is 4. The molecule has 0 fully saturated rings. The van der Waals surface area contributed by atoms with Gasteiger partial charge in [-0.25, -0.2) is 15.0 Å². The Labute approximate surface area is 161 Å². The van der Waals surface area contributed by atoms with Gasteiger partial charge in [0, 0.05) is 18.1 Å². The number of carbonyl (C=O) groups is 1. The zero-order chi connectivity index (χ0) is 19.7. The van der Waals surface area contributed by atoms with E-state index in [2.05, 4.69) is 9.97 Å². The lowest BCUT2D eigenvalue weighted by Crippen LogP contribution is -2.10. The third kappa shape index (κ3) is 2.96. The zero-order valence-electron chi connectivity index (χ0n) is 15.3. The molecule has 7 nitrogen and oxygen atoms in total. The van der Waals surface area contributed by atoms with Crippen molar-refractivity contribution in [3.63, 3.8) is 0 Å². The van der Waals surface area contributed by atoms with Gasteiger partial charge < -0.3 is 10.8 Å². The summed E-state index contributed by atoms with van der Waals surface area (Å²) in [5.41, 5.74) is 9.81. The first-order valence-corrected chi connectivity index (χ1v) is 8.97. The van der Waals surface area contributed by atoms with Crippen LogP contribution in [0.4, 0.5) is 5.82 Å². The molecule has 0 bridgehead atoms. The molecule has 28 heavy (non-hydrogen) atoms. The molecular weight excluding hydrogens is 354 g/mol. The van der Waals surface area contributed by atoms with Gasteiger partial charge in [0.1, 0.15) is 11.3 Å². The number of hydrogen-bond donors (Lipinski definition) is 2. The predicted molar refractivity (Wildman–Crippen MR) is 107 cm³/mol. The van der Waals surface area contributed by atoms with E-state index in [0.29, 0.717) is 29.3 Å². The first kappa shape index (κ1) is 17.7. The van der Waals surface area contributed by atoms with Crippen LogP contribution in [-0.4, -0.2) is 30.6 Å². The number of aromatic nitrogens is 4. The van der Waals surface area contributed by atoms with E-state index in [0.717, 1.165) is 16.8 Å². The second-order valence-electron chi connectivity index (χ2n) is 6.44. The van der Waals surface area contributed by atoms with Crippen molar-refractivity contribution in [3.8, 4) is 17.1 Å². The Hall–Kier alpha value is -3.74. The van der Waals surface area contributed by atoms with Gasteiger partial charge in [-0.1, -0.05) is 19.1 Å². The van der Waals surface area contributed by atoms with Crippen molar-refractivity contribution in [2.45, 2.75) is 19.3 Å². The van der Waals surface area contributed by atoms with Gasteiger partial charge >= 0.3 is 5.97 Å². The highest BCUT2D eigenvalue weighted by Crippen LogP contribution is 2.30. The van der Waals surface area contributed by atoms with E-state index in [9.17, 15) is 9.90 Å². The molecule has 1 atom stereocenters. The van der Waals surface area contributed by atoms with Crippen molar-refractivity contribution in [1.82, 2.24) is 19.5 Å². The number of nitrogens with two attached hydrogens (primary N) is 1. The second kappa shape index (κ2) is 7.11. The van der Waals surface area contributed by atoms with Gasteiger partial charge in [-0.3, -0.25) is 9.36 Å². The predicted octanol–water partition coefficient (Wildman–Crippen LogP) is 3.64. The molecule has 0 saturated heterocycles. The molecule has 0 aliphatic heterocycles. The maximum Gasteiger partial charge on any atom is 0.310 e. The number of carboxylic acid groups (broad SMARTS) is 1. The average Bonchev–Trinajstić information content (AvgIpc) is 3.08. The van der Waals surface area contributed by atoms with Crippen LogP contribution in [0.2, 0.25) is 0 Å². The van der Waals surface area contributed by atoms with E-state index in [1.54, 1.807) is 12.4 Å². The molecular formula is C21H19N5O2. The Morgan fingerprint density at radius 2 is 1.82 bits per heavy atom. The van der Waals surface area contributed by atoms with Crippen LogP contribution in [0, 0.1) is 0 Å². The lowest BCUT2D eigenvalue weighted by Gasteiger charge is -2.13. The highest BCUT2D eigenvalue weighted by molar-refractivity contribution is 5.82. The lowest BCUT2D eigenvalue weighted by atomic mass is 9.96. The topological polar surface area (TPSA) is 107 Å². The van der Waals surface area contributed by atoms with E-state index in [4.69, 9.17) is 10.7 Å². The largest absolute Gasteiger partial charge is 0.481 e. The van der Waals surface area contributed by atoms with E-state index in [1.807, 2.05) is 60.0 Å². The summed E-state index contributed by atoms with van der Waals surface area (Å²) >= 11 is 0. The minimum Gasteiger partial charge on any atom is -0.481 e. The summed E-state index contributed by atoms with van der Waals surface area (Å²) in [5, 5.41) is 9.40. The minimum atomic E-state index is -0.825. The number of fused-ring (bicyclic) bond motifs is 1. The molecule has 0 saturated carbocycles. The number of rotatable bonds is 5. The fourth-order valence-electron chi connectivity index (χ4n) is 3.35. The normalized spacial score (nSPS) is 12.2. The molecule has 1 aromatic carbocycles. The van der Waals surface area contributed by atoms with Crippen molar-refractivity contribution < 1.29 is 9.90 Å². The Balaban J connectivity index is 1.90. The Bertz CT molecular complexity index is 1150. The van der Waals surface area contributed by atoms with Crippen molar-refractivity contribution in [3.05, 3.63) is 66.5 Å². The highest BCUT2D eigenvalue weighted by Gasteiger charge is 2.20. The smallest absolute Gasteiger partial charge is 0.310 e. The summed E-state index contributed by atoms with van der Waals surface area (Å²) in [5.74, 6) is -0.334. The molecule has 140 valence electrons. The molecule has 1 unspecified atom stereocenters. The molecule has 0 spiro atoms. The van der Waals surface area contributed by atoms with Crippen LogP contribution in [0.15, 0.2) is 60.9 Å². The van der Waals surface area contributed by atoms with Gasteiger partial charge in [0.25, 0.3) is 0 Å². The molecule has 0 radical (unpaired) electrons. The maximum atomic E-state index is 11.4. The Morgan fingerprint density at radius 1 is 1.11 bits per heavy atom. The molecule has 3 heterocycles. The number of nitrogen functional groups attached to an aromatic ring is 1. The molecule has 0 aliphatic carbocycles. The highest BCUT2D eigenvalue weighted by atomic mass is 16.4. The molecule has 3 N–H and O–H groups in total. The van der Waals surface area contributed by atoms with E-state index < -0.39 is 11.9 Å². The second-order valence-corrected chi connectivity index (χ2v) is 6.44. The average molecular weight is 373 g/mol. The maximum absolute atomic E-state index is 11.4. The molecule has 4 rings (SSSR count). The van der Waals surface area contributed by atoms with Crippen molar-refractivity contribution >= 4 is 23.0 Å². The summed E-state index contributed by atoms with van der Waals surface area (Å²) in [7, 11) is 0. The van der Waals surface area contributed by atoms with Crippen LogP contribution in [0.5, 0.6) is 0 Å². The molecule has 0 amide bonds. The van der Waals surface area contributed by atoms with Gasteiger partial charge in [0.05, 0.1) is 11.5 Å². The first-order valence-electron chi connectivity index (χ1n) is 8.97. The summed E-state index contributed by atoms with van der Waals surface area (Å²) in [6.45, 7) is 1.86. The van der Waals surface area contributed by atoms with Crippen LogP contribution >= 0.6 is 0 Å². The van der Waals surface area contributed by atoms with Crippen molar-refractivity contribution in [2.24, 2.45) is 0 Å². The summed E-state index contributed by atoms with van der Waals surface area (Å²) in [6.07, 6.45) is 3.88. The lowest BCUT2D eigenvalue weighted by molar-refractivity contribution is -0.138. The third-order valence-electron chi connectivity index (χ3n) is 4.76.